The van der Waals surface area contributed by atoms with Gasteiger partial charge in [-0.2, -0.15) is 0 Å². The molecule has 1 aliphatic heterocycles. The third-order valence-electron chi connectivity index (χ3n) is 24.8. The van der Waals surface area contributed by atoms with Gasteiger partial charge in [-0.25, -0.2) is 0 Å². The number of para-hydroxylation sites is 8. The number of hydrogen-bond acceptors (Lipinski definition) is 5. The first-order valence-electron chi connectivity index (χ1n) is 39.8. The van der Waals surface area contributed by atoms with Crippen molar-refractivity contribution in [3.63, 3.8) is 0 Å². The van der Waals surface area contributed by atoms with Crippen molar-refractivity contribution < 1.29 is 8.83 Å². The second-order valence-electron chi connectivity index (χ2n) is 31.4. The number of anilines is 8. The minimum Gasteiger partial charge on any atom is -0.454 e. The first-order chi connectivity index (χ1) is 56.7. The summed E-state index contributed by atoms with van der Waals surface area (Å²) in [6, 6.07) is 134. The second kappa shape index (κ2) is 24.8. The van der Waals surface area contributed by atoms with Crippen LogP contribution in [0.25, 0.3) is 160 Å². The summed E-state index contributed by atoms with van der Waals surface area (Å²) in [5.41, 5.74) is 28.9. The minimum atomic E-state index is -0.437. The molecule has 1 aliphatic carbocycles. The van der Waals surface area contributed by atoms with Crippen molar-refractivity contribution in [3.05, 3.63) is 391 Å². The fourth-order valence-electron chi connectivity index (χ4n) is 19.9. The van der Waals surface area contributed by atoms with Crippen LogP contribution in [0.15, 0.2) is 373 Å². The zero-order chi connectivity index (χ0) is 75.9. The van der Waals surface area contributed by atoms with E-state index in [4.69, 9.17) is 8.83 Å². The standard InChI is InChI=1S/C107H72N6O2/c1-66-24-20-34-74(60-66)108(93-40-22-38-84-78-36-16-18-42-99(78)114-105(84)93)76-46-50-88-97(64-76)112(72-30-12-6-13-31-72)91-56-53-80-81(102(88)91)52-55-90-101(80)86-48-44-68(62-95(86)110(90)70-26-8-4-9-27-70)69-45-49-87-96(63-69)111(71-28-10-5-11-29-71)92-57-54-83-82(103(87)92)58-59-107(3)104(83)89-51-47-77(65-98(89)113(107)73-32-14-7-15-33-73)109(75-35-21-25-67(2)61-75)94-41-23-39-85-79-37-17-19-43-100(79)115-106(85)94/h4-58,60-65H,59H2,1-3H3. The Balaban J connectivity index is 0.679. The highest BCUT2D eigenvalue weighted by Crippen LogP contribution is 2.56. The van der Waals surface area contributed by atoms with Gasteiger partial charge in [0.05, 0.1) is 55.7 Å². The van der Waals surface area contributed by atoms with Crippen molar-refractivity contribution in [2.24, 2.45) is 0 Å². The fraction of sp³-hybridized carbons (Fsp3) is 0.0467. The van der Waals surface area contributed by atoms with Crippen molar-refractivity contribution in [1.82, 2.24) is 13.7 Å². The quantitative estimate of drug-likeness (QED) is 0.129. The van der Waals surface area contributed by atoms with Crippen molar-refractivity contribution in [1.29, 1.82) is 0 Å². The van der Waals surface area contributed by atoms with Gasteiger partial charge in [0.15, 0.2) is 11.2 Å². The summed E-state index contributed by atoms with van der Waals surface area (Å²) in [5, 5.41) is 16.6. The number of benzene rings is 17. The number of hydrogen-bond donors (Lipinski definition) is 0. The van der Waals surface area contributed by atoms with E-state index in [0.29, 0.717) is 0 Å². The smallest absolute Gasteiger partial charge is 0.159 e. The molecular formula is C107H72N6O2. The van der Waals surface area contributed by atoms with Gasteiger partial charge in [-0.15, -0.1) is 0 Å². The third kappa shape index (κ3) is 9.60. The summed E-state index contributed by atoms with van der Waals surface area (Å²) in [4.78, 5) is 7.37. The van der Waals surface area contributed by atoms with Gasteiger partial charge in [-0.05, 0) is 228 Å². The van der Waals surface area contributed by atoms with Gasteiger partial charge in [-0.3, -0.25) is 0 Å². The maximum absolute atomic E-state index is 6.83. The molecule has 0 radical (unpaired) electrons. The Labute approximate surface area is 662 Å². The molecule has 17 aromatic carbocycles. The molecule has 5 aromatic heterocycles. The highest BCUT2D eigenvalue weighted by atomic mass is 16.3. The van der Waals surface area contributed by atoms with Crippen LogP contribution in [0.1, 0.15) is 30.0 Å². The Morgan fingerprint density at radius 1 is 0.304 bits per heavy atom. The number of aromatic nitrogens is 3. The molecule has 22 aromatic rings. The first kappa shape index (κ1) is 64.9. The van der Waals surface area contributed by atoms with E-state index in [1.807, 2.05) is 6.07 Å². The molecular weight excluding hydrogens is 1400 g/mol. The van der Waals surface area contributed by atoms with Gasteiger partial charge in [0, 0.05) is 105 Å². The van der Waals surface area contributed by atoms with Crippen LogP contribution in [0, 0.1) is 13.8 Å². The third-order valence-corrected chi connectivity index (χ3v) is 24.8. The van der Waals surface area contributed by atoms with Crippen molar-refractivity contribution in [2.45, 2.75) is 32.7 Å². The molecule has 0 amide bonds. The second-order valence-corrected chi connectivity index (χ2v) is 31.4. The van der Waals surface area contributed by atoms with Crippen molar-refractivity contribution in [3.8, 4) is 28.2 Å². The molecule has 0 spiro atoms. The molecule has 0 N–H and O–H groups in total. The average molecular weight is 1470 g/mol. The van der Waals surface area contributed by atoms with Gasteiger partial charge >= 0.3 is 0 Å². The molecule has 115 heavy (non-hydrogen) atoms. The lowest BCUT2D eigenvalue weighted by atomic mass is 9.80. The molecule has 542 valence electrons. The van der Waals surface area contributed by atoms with E-state index in [-0.39, 0.29) is 0 Å². The number of rotatable bonds is 11. The lowest BCUT2D eigenvalue weighted by Gasteiger charge is -2.39. The van der Waals surface area contributed by atoms with E-state index in [2.05, 4.69) is 413 Å². The number of nitrogens with zero attached hydrogens (tertiary/aromatic N) is 6. The van der Waals surface area contributed by atoms with E-state index < -0.39 is 5.54 Å². The summed E-state index contributed by atoms with van der Waals surface area (Å²) >= 11 is 0. The Morgan fingerprint density at radius 2 is 0.713 bits per heavy atom. The zero-order valence-corrected chi connectivity index (χ0v) is 63.4. The lowest BCUT2D eigenvalue weighted by molar-refractivity contribution is 0.618. The highest BCUT2D eigenvalue weighted by Gasteiger charge is 2.47. The number of aryl methyl sites for hydroxylation is 2. The average Bonchev–Trinajstić information content (AvgIpc) is 1.53. The highest BCUT2D eigenvalue weighted by molar-refractivity contribution is 6.30. The van der Waals surface area contributed by atoms with E-state index in [9.17, 15) is 0 Å². The fourth-order valence-corrected chi connectivity index (χ4v) is 19.9. The molecule has 2 aliphatic rings. The van der Waals surface area contributed by atoms with Gasteiger partial charge in [0.2, 0.25) is 0 Å². The summed E-state index contributed by atoms with van der Waals surface area (Å²) in [6.07, 6.45) is 3.33. The van der Waals surface area contributed by atoms with Crippen LogP contribution in [0.5, 0.6) is 0 Å². The van der Waals surface area contributed by atoms with Gasteiger partial charge < -0.3 is 37.2 Å². The SMILES string of the molecule is Cc1cccc(N(c2ccc3c(c2)N(c2ccccc2)C2(C)CC=c4c(ccc5c4c4ccc(-c6ccc7c8c9ccc%10c(c9ccc8n(-c8ccccc8)c7c6)c6ccc(N(c7cccc(C)c7)c7cccc8c7oc7ccccc78)cc6n%10-c6ccccc6)cc4n5-c4ccccc4)=C32)c2cccc3c2oc2ccccc23)c1. The Morgan fingerprint density at radius 3 is 1.23 bits per heavy atom. The largest absolute Gasteiger partial charge is 0.454 e. The number of furan rings is 2. The topological polar surface area (TPSA) is 50.8 Å². The van der Waals surface area contributed by atoms with Gasteiger partial charge in [-0.1, -0.05) is 218 Å². The van der Waals surface area contributed by atoms with Crippen LogP contribution in [0.3, 0.4) is 0 Å². The molecule has 6 heterocycles. The van der Waals surface area contributed by atoms with Crippen LogP contribution in [0.2, 0.25) is 0 Å². The van der Waals surface area contributed by atoms with Crippen LogP contribution in [0.4, 0.5) is 45.5 Å². The predicted octanol–water partition coefficient (Wildman–Crippen LogP) is 27.4. The Hall–Kier alpha value is -14.9. The maximum atomic E-state index is 6.83. The number of fused-ring (bicyclic) bond motifs is 23. The maximum Gasteiger partial charge on any atom is 0.159 e. The van der Waals surface area contributed by atoms with E-state index >= 15 is 0 Å². The van der Waals surface area contributed by atoms with Crippen LogP contribution in [-0.2, 0) is 0 Å². The monoisotopic (exact) mass is 1470 g/mol. The molecule has 0 saturated heterocycles. The lowest BCUT2D eigenvalue weighted by Crippen LogP contribution is -2.47. The van der Waals surface area contributed by atoms with E-state index in [1.54, 1.807) is 0 Å². The Bertz CT molecular complexity index is 8000. The minimum absolute atomic E-state index is 0.437. The Kier molecular flexibility index (Phi) is 14.0. The van der Waals surface area contributed by atoms with E-state index in [1.165, 1.54) is 87.0 Å². The van der Waals surface area contributed by atoms with Gasteiger partial charge in [0.1, 0.15) is 11.2 Å². The van der Waals surface area contributed by atoms with Crippen LogP contribution >= 0.6 is 0 Å². The van der Waals surface area contributed by atoms with Crippen molar-refractivity contribution in [2.75, 3.05) is 14.7 Å². The molecule has 0 bridgehead atoms. The molecule has 8 heteroatoms. The predicted molar refractivity (Wildman–Crippen MR) is 480 cm³/mol. The van der Waals surface area contributed by atoms with Crippen molar-refractivity contribution >= 4 is 177 Å². The molecule has 0 saturated carbocycles. The van der Waals surface area contributed by atoms with Crippen LogP contribution in [-0.4, -0.2) is 19.2 Å². The molecule has 1 unspecified atom stereocenters. The summed E-state index contributed by atoms with van der Waals surface area (Å²) in [7, 11) is 0. The molecule has 0 fully saturated rings. The normalized spacial score (nSPS) is 14.1. The van der Waals surface area contributed by atoms with Gasteiger partial charge in [0.25, 0.3) is 0 Å². The molecule has 8 nitrogen and oxygen atoms in total. The summed E-state index contributed by atoms with van der Waals surface area (Å²) in [6.45, 7) is 6.79. The zero-order valence-electron chi connectivity index (χ0n) is 63.4. The van der Waals surface area contributed by atoms with Crippen LogP contribution < -0.4 is 25.1 Å². The van der Waals surface area contributed by atoms with E-state index in [0.717, 1.165) is 146 Å². The summed E-state index contributed by atoms with van der Waals surface area (Å²) < 4.78 is 21.1. The summed E-state index contributed by atoms with van der Waals surface area (Å²) in [5.74, 6) is 0. The molecule has 1 atom stereocenters. The first-order valence-corrected chi connectivity index (χ1v) is 39.8. The molecule has 24 rings (SSSR count).